The van der Waals surface area contributed by atoms with Crippen molar-refractivity contribution in [1.29, 1.82) is 0 Å². The van der Waals surface area contributed by atoms with E-state index in [1.54, 1.807) is 18.2 Å². The highest BCUT2D eigenvalue weighted by atomic mass is 79.9. The molecule has 1 aromatic carbocycles. The molecular formula is C9H10BrFO. The summed E-state index contributed by atoms with van der Waals surface area (Å²) in [5.41, 5.74) is 0.589. The van der Waals surface area contributed by atoms with Crippen LogP contribution in [0.25, 0.3) is 0 Å². The molecular weight excluding hydrogens is 223 g/mol. The summed E-state index contributed by atoms with van der Waals surface area (Å²) in [6, 6.07) is 5.18. The molecule has 0 unspecified atom stereocenters. The van der Waals surface area contributed by atoms with E-state index in [0.29, 0.717) is 23.2 Å². The van der Waals surface area contributed by atoms with Gasteiger partial charge in [0.15, 0.2) is 0 Å². The van der Waals surface area contributed by atoms with Gasteiger partial charge in [-0.05, 0) is 28.9 Å². The molecule has 3 heteroatoms. The van der Waals surface area contributed by atoms with Crippen molar-refractivity contribution in [2.24, 2.45) is 0 Å². The zero-order chi connectivity index (χ0) is 8.97. The zero-order valence-corrected chi connectivity index (χ0v) is 8.40. The van der Waals surface area contributed by atoms with Crippen LogP contribution in [0.1, 0.15) is 12.5 Å². The van der Waals surface area contributed by atoms with Gasteiger partial charge in [0.1, 0.15) is 5.82 Å². The fourth-order valence-electron chi connectivity index (χ4n) is 0.872. The van der Waals surface area contributed by atoms with E-state index in [4.69, 9.17) is 4.74 Å². The van der Waals surface area contributed by atoms with E-state index in [1.165, 1.54) is 0 Å². The summed E-state index contributed by atoms with van der Waals surface area (Å²) in [5.74, 6) is -0.231. The third-order valence-electron chi connectivity index (χ3n) is 1.49. The van der Waals surface area contributed by atoms with Crippen molar-refractivity contribution in [3.8, 4) is 0 Å². The monoisotopic (exact) mass is 232 g/mol. The van der Waals surface area contributed by atoms with E-state index >= 15 is 0 Å². The van der Waals surface area contributed by atoms with E-state index in [0.717, 1.165) is 0 Å². The molecule has 1 nitrogen and oxygen atoms in total. The molecule has 0 radical (unpaired) electrons. The lowest BCUT2D eigenvalue weighted by Gasteiger charge is -2.03. The number of ether oxygens (including phenoxy) is 1. The summed E-state index contributed by atoms with van der Waals surface area (Å²) in [4.78, 5) is 0. The zero-order valence-electron chi connectivity index (χ0n) is 6.81. The Labute approximate surface area is 79.7 Å². The molecule has 0 aromatic heterocycles. The minimum Gasteiger partial charge on any atom is -0.377 e. The molecule has 0 N–H and O–H groups in total. The van der Waals surface area contributed by atoms with Crippen LogP contribution in [-0.2, 0) is 11.3 Å². The van der Waals surface area contributed by atoms with Gasteiger partial charge in [-0.15, -0.1) is 0 Å². The maximum atomic E-state index is 13.2. The lowest BCUT2D eigenvalue weighted by atomic mass is 10.2. The molecule has 0 bridgehead atoms. The van der Waals surface area contributed by atoms with Crippen molar-refractivity contribution in [3.63, 3.8) is 0 Å². The molecule has 0 atom stereocenters. The summed E-state index contributed by atoms with van der Waals surface area (Å²) in [5, 5.41) is 0. The number of halogens is 2. The van der Waals surface area contributed by atoms with Gasteiger partial charge in [-0.3, -0.25) is 0 Å². The normalized spacial score (nSPS) is 10.2. The van der Waals surface area contributed by atoms with Crippen LogP contribution in [0, 0.1) is 5.82 Å². The van der Waals surface area contributed by atoms with Crippen LogP contribution in [0.4, 0.5) is 4.39 Å². The van der Waals surface area contributed by atoms with Crippen LogP contribution in [0.5, 0.6) is 0 Å². The molecule has 12 heavy (non-hydrogen) atoms. The highest BCUT2D eigenvalue weighted by Crippen LogP contribution is 2.18. The Morgan fingerprint density at radius 1 is 1.50 bits per heavy atom. The van der Waals surface area contributed by atoms with E-state index in [1.807, 2.05) is 6.92 Å². The lowest BCUT2D eigenvalue weighted by Crippen LogP contribution is -1.95. The molecule has 66 valence electrons. The van der Waals surface area contributed by atoms with Crippen LogP contribution in [-0.4, -0.2) is 6.61 Å². The molecule has 0 aliphatic rings. The fourth-order valence-corrected chi connectivity index (χ4v) is 1.28. The van der Waals surface area contributed by atoms with E-state index in [9.17, 15) is 4.39 Å². The Kier molecular flexibility index (Phi) is 3.69. The van der Waals surface area contributed by atoms with Gasteiger partial charge in [-0.1, -0.05) is 12.1 Å². The number of benzene rings is 1. The average Bonchev–Trinajstić information content (AvgIpc) is 2.08. The molecule has 0 aliphatic heterocycles. The predicted molar refractivity (Wildman–Crippen MR) is 49.4 cm³/mol. The van der Waals surface area contributed by atoms with Crippen molar-refractivity contribution in [2.45, 2.75) is 13.5 Å². The molecule has 0 saturated heterocycles. The second-order valence-corrected chi connectivity index (χ2v) is 3.20. The Balaban J connectivity index is 2.78. The van der Waals surface area contributed by atoms with Gasteiger partial charge in [0, 0.05) is 12.2 Å². The molecule has 1 aromatic rings. The highest BCUT2D eigenvalue weighted by molar-refractivity contribution is 9.10. The molecule has 1 rings (SSSR count). The highest BCUT2D eigenvalue weighted by Gasteiger charge is 2.04. The Bertz CT molecular complexity index is 263. The van der Waals surface area contributed by atoms with Gasteiger partial charge in [-0.25, -0.2) is 4.39 Å². The van der Waals surface area contributed by atoms with Gasteiger partial charge >= 0.3 is 0 Å². The first kappa shape index (κ1) is 9.68. The number of hydrogen-bond acceptors (Lipinski definition) is 1. The smallest absolute Gasteiger partial charge is 0.142 e. The second-order valence-electron chi connectivity index (χ2n) is 2.35. The van der Waals surface area contributed by atoms with E-state index in [-0.39, 0.29) is 5.82 Å². The van der Waals surface area contributed by atoms with Crippen molar-refractivity contribution < 1.29 is 9.13 Å². The molecule has 0 spiro atoms. The van der Waals surface area contributed by atoms with Crippen LogP contribution in [0.2, 0.25) is 0 Å². The van der Waals surface area contributed by atoms with Gasteiger partial charge < -0.3 is 4.74 Å². The summed E-state index contributed by atoms with van der Waals surface area (Å²) >= 11 is 3.11. The molecule has 0 aliphatic carbocycles. The first-order chi connectivity index (χ1) is 5.75. The van der Waals surface area contributed by atoms with Crippen LogP contribution in [0.15, 0.2) is 22.7 Å². The van der Waals surface area contributed by atoms with Gasteiger partial charge in [-0.2, -0.15) is 0 Å². The molecule has 0 fully saturated rings. The Morgan fingerprint density at radius 2 is 2.25 bits per heavy atom. The summed E-state index contributed by atoms with van der Waals surface area (Å²) in [6.45, 7) is 2.82. The van der Waals surface area contributed by atoms with Crippen molar-refractivity contribution in [1.82, 2.24) is 0 Å². The summed E-state index contributed by atoms with van der Waals surface area (Å²) in [6.07, 6.45) is 0. The molecule has 0 saturated carbocycles. The minimum atomic E-state index is -0.231. The van der Waals surface area contributed by atoms with Crippen LogP contribution in [0.3, 0.4) is 0 Å². The first-order valence-electron chi connectivity index (χ1n) is 3.76. The Morgan fingerprint density at radius 3 is 2.92 bits per heavy atom. The lowest BCUT2D eigenvalue weighted by molar-refractivity contribution is 0.131. The maximum absolute atomic E-state index is 13.2. The standard InChI is InChI=1S/C9H10BrFO/c1-2-12-6-7-4-3-5-8(10)9(7)11/h3-5H,2,6H2,1H3. The average molecular weight is 233 g/mol. The van der Waals surface area contributed by atoms with Crippen molar-refractivity contribution in [3.05, 3.63) is 34.1 Å². The maximum Gasteiger partial charge on any atom is 0.142 e. The van der Waals surface area contributed by atoms with Crippen LogP contribution >= 0.6 is 15.9 Å². The fraction of sp³-hybridized carbons (Fsp3) is 0.333. The third kappa shape index (κ3) is 2.29. The topological polar surface area (TPSA) is 9.23 Å². The van der Waals surface area contributed by atoms with Gasteiger partial charge in [0.2, 0.25) is 0 Å². The van der Waals surface area contributed by atoms with Gasteiger partial charge in [0.05, 0.1) is 11.1 Å². The van der Waals surface area contributed by atoms with E-state index in [2.05, 4.69) is 15.9 Å². The Hall–Kier alpha value is -0.410. The second kappa shape index (κ2) is 4.58. The summed E-state index contributed by atoms with van der Waals surface area (Å²) in [7, 11) is 0. The SMILES string of the molecule is CCOCc1cccc(Br)c1F. The minimum absolute atomic E-state index is 0.231. The molecule has 0 amide bonds. The van der Waals surface area contributed by atoms with E-state index < -0.39 is 0 Å². The predicted octanol–water partition coefficient (Wildman–Crippen LogP) is 3.12. The number of hydrogen-bond donors (Lipinski definition) is 0. The number of rotatable bonds is 3. The first-order valence-corrected chi connectivity index (χ1v) is 4.55. The third-order valence-corrected chi connectivity index (χ3v) is 2.11. The van der Waals surface area contributed by atoms with Gasteiger partial charge in [0.25, 0.3) is 0 Å². The molecule has 0 heterocycles. The van der Waals surface area contributed by atoms with Crippen molar-refractivity contribution >= 4 is 15.9 Å². The van der Waals surface area contributed by atoms with Crippen molar-refractivity contribution in [2.75, 3.05) is 6.61 Å². The summed E-state index contributed by atoms with van der Waals surface area (Å²) < 4.78 is 18.8. The quantitative estimate of drug-likeness (QED) is 0.779. The largest absolute Gasteiger partial charge is 0.377 e. The van der Waals surface area contributed by atoms with Crippen LogP contribution < -0.4 is 0 Å².